The van der Waals surface area contributed by atoms with Gasteiger partial charge >= 0.3 is 0 Å². The summed E-state index contributed by atoms with van der Waals surface area (Å²) in [5.74, 6) is 1.64. The molecule has 0 aliphatic heterocycles. The number of nitrogens with zero attached hydrogens (tertiary/aromatic N) is 8. The molecule has 2 atom stereocenters. The zero-order valence-electron chi connectivity index (χ0n) is 25.6. The molecule has 43 heavy (non-hydrogen) atoms. The van der Waals surface area contributed by atoms with E-state index in [4.69, 9.17) is 0 Å². The highest BCUT2D eigenvalue weighted by atomic mass is 16.1. The van der Waals surface area contributed by atoms with Crippen LogP contribution in [0.5, 0.6) is 0 Å². The summed E-state index contributed by atoms with van der Waals surface area (Å²) in [6.07, 6.45) is 26.4. The number of aromatic nitrogens is 9. The minimum atomic E-state index is 0.166. The Hall–Kier alpha value is -3.83. The minimum absolute atomic E-state index is 0.166. The first-order valence-electron chi connectivity index (χ1n) is 15.6. The number of ketones is 3. The number of carbonyl (C=O) groups excluding carboxylic acids is 3. The summed E-state index contributed by atoms with van der Waals surface area (Å²) >= 11 is 0. The van der Waals surface area contributed by atoms with Gasteiger partial charge in [0, 0.05) is 44.1 Å². The first kappa shape index (κ1) is 35.4. The summed E-state index contributed by atoms with van der Waals surface area (Å²) in [6.45, 7) is 7.46. The maximum atomic E-state index is 11.7. The second kappa shape index (κ2) is 22.7. The van der Waals surface area contributed by atoms with Crippen molar-refractivity contribution in [3.63, 3.8) is 0 Å². The predicted molar refractivity (Wildman–Crippen MR) is 164 cm³/mol. The molecule has 0 amide bonds. The number of Topliss-reactive ketones (excluding diaryl/α,β-unsaturated/α-hetero) is 3. The zero-order chi connectivity index (χ0) is 31.0. The fraction of sp³-hybridized carbons (Fsp3) is 0.645. The van der Waals surface area contributed by atoms with Crippen LogP contribution in [0, 0.1) is 11.8 Å². The van der Waals surface area contributed by atoms with Gasteiger partial charge in [-0.2, -0.15) is 10.2 Å². The van der Waals surface area contributed by atoms with Crippen LogP contribution < -0.4 is 0 Å². The number of carbonyl (C=O) groups is 3. The Morgan fingerprint density at radius 3 is 1.72 bits per heavy atom. The van der Waals surface area contributed by atoms with E-state index in [1.807, 2.05) is 4.57 Å². The van der Waals surface area contributed by atoms with E-state index in [0.717, 1.165) is 70.8 Å². The summed E-state index contributed by atoms with van der Waals surface area (Å²) < 4.78 is 3.65. The molecule has 3 aliphatic rings. The van der Waals surface area contributed by atoms with E-state index in [-0.39, 0.29) is 11.8 Å². The van der Waals surface area contributed by atoms with Gasteiger partial charge in [0.1, 0.15) is 55.3 Å². The van der Waals surface area contributed by atoms with Crippen LogP contribution in [0.15, 0.2) is 51.1 Å². The van der Waals surface area contributed by atoms with Crippen LogP contribution in [0.2, 0.25) is 0 Å². The standard InChI is InChI=1S/2C10H15N3O.C7H12O.C2H3N3.C2H4/c14-10-5-3-1-2-4-9(10)6-13-7-11-12-8-13;14-10-5-3-1-2-4-9(10)6-13-8-11-7-12-13;8-7-5-3-1-2-4-6-7;1-3-2-5-4-1;1-2/h2*7-9H,1-6H2;1-6H2;1-2H,(H,3,4,5);1-2H2. The highest BCUT2D eigenvalue weighted by Crippen LogP contribution is 2.22. The van der Waals surface area contributed by atoms with Crippen molar-refractivity contribution in [3.8, 4) is 0 Å². The lowest BCUT2D eigenvalue weighted by Gasteiger charge is -2.12. The van der Waals surface area contributed by atoms with E-state index < -0.39 is 0 Å². The molecule has 3 saturated carbocycles. The first-order valence-corrected chi connectivity index (χ1v) is 15.6. The number of nitrogens with one attached hydrogen (secondary N) is 1. The molecule has 3 heterocycles. The molecule has 3 fully saturated rings. The molecular weight excluding hydrogens is 546 g/mol. The monoisotopic (exact) mass is 595 g/mol. The van der Waals surface area contributed by atoms with Crippen molar-refractivity contribution in [2.75, 3.05) is 0 Å². The summed E-state index contributed by atoms with van der Waals surface area (Å²) in [5, 5.41) is 17.5. The molecule has 12 nitrogen and oxygen atoms in total. The quantitative estimate of drug-likeness (QED) is 0.309. The average molecular weight is 596 g/mol. The van der Waals surface area contributed by atoms with Gasteiger partial charge in [-0.25, -0.2) is 9.97 Å². The van der Waals surface area contributed by atoms with Gasteiger partial charge in [0.15, 0.2) is 0 Å². The number of rotatable bonds is 4. The van der Waals surface area contributed by atoms with Crippen molar-refractivity contribution in [3.05, 3.63) is 51.1 Å². The average Bonchev–Trinajstić information content (AvgIpc) is 3.79. The molecule has 0 radical (unpaired) electrons. The Kier molecular flexibility index (Phi) is 18.7. The molecular formula is C31H49N9O3. The lowest BCUT2D eigenvalue weighted by molar-refractivity contribution is -0.123. The van der Waals surface area contributed by atoms with Gasteiger partial charge in [-0.05, 0) is 38.5 Å². The summed E-state index contributed by atoms with van der Waals surface area (Å²) in [4.78, 5) is 41.5. The van der Waals surface area contributed by atoms with E-state index in [1.54, 1.807) is 23.7 Å². The van der Waals surface area contributed by atoms with Crippen molar-refractivity contribution < 1.29 is 14.4 Å². The van der Waals surface area contributed by atoms with E-state index in [1.165, 1.54) is 57.5 Å². The predicted octanol–water partition coefficient (Wildman–Crippen LogP) is 5.37. The van der Waals surface area contributed by atoms with Crippen LogP contribution in [-0.4, -0.2) is 62.1 Å². The van der Waals surface area contributed by atoms with E-state index >= 15 is 0 Å². The van der Waals surface area contributed by atoms with E-state index in [2.05, 4.69) is 48.6 Å². The fourth-order valence-corrected chi connectivity index (χ4v) is 5.26. The van der Waals surface area contributed by atoms with Crippen molar-refractivity contribution in [1.29, 1.82) is 0 Å². The Bertz CT molecular complexity index is 1010. The summed E-state index contributed by atoms with van der Waals surface area (Å²) in [7, 11) is 0. The molecule has 2 unspecified atom stereocenters. The van der Waals surface area contributed by atoms with Gasteiger partial charge in [0.25, 0.3) is 0 Å². The molecule has 3 aromatic rings. The summed E-state index contributed by atoms with van der Waals surface area (Å²) in [5.41, 5.74) is 0. The Morgan fingerprint density at radius 2 is 1.23 bits per heavy atom. The van der Waals surface area contributed by atoms with Crippen molar-refractivity contribution in [2.24, 2.45) is 11.8 Å². The van der Waals surface area contributed by atoms with E-state index in [0.29, 0.717) is 23.9 Å². The molecule has 0 aromatic carbocycles. The van der Waals surface area contributed by atoms with Gasteiger partial charge in [-0.3, -0.25) is 24.2 Å². The van der Waals surface area contributed by atoms with Crippen molar-refractivity contribution in [2.45, 2.75) is 116 Å². The third kappa shape index (κ3) is 15.8. The third-order valence-electron chi connectivity index (χ3n) is 7.63. The fourth-order valence-electron chi connectivity index (χ4n) is 5.26. The highest BCUT2D eigenvalue weighted by molar-refractivity contribution is 5.81. The van der Waals surface area contributed by atoms with Crippen molar-refractivity contribution >= 4 is 17.3 Å². The third-order valence-corrected chi connectivity index (χ3v) is 7.63. The first-order chi connectivity index (χ1) is 21.1. The molecule has 0 bridgehead atoms. The molecule has 6 rings (SSSR count). The smallest absolute Gasteiger partial charge is 0.137 e. The van der Waals surface area contributed by atoms with Gasteiger partial charge in [-0.1, -0.05) is 38.5 Å². The molecule has 236 valence electrons. The normalized spacial score (nSPS) is 20.5. The largest absolute Gasteiger partial charge is 0.319 e. The number of H-pyrrole nitrogens is 1. The van der Waals surface area contributed by atoms with E-state index in [9.17, 15) is 14.4 Å². The number of hydrogen-bond donors (Lipinski definition) is 1. The number of hydrogen-bond acceptors (Lipinski definition) is 9. The highest BCUT2D eigenvalue weighted by Gasteiger charge is 2.22. The van der Waals surface area contributed by atoms with Crippen LogP contribution in [0.3, 0.4) is 0 Å². The van der Waals surface area contributed by atoms with Gasteiger partial charge in [0.05, 0.1) is 6.54 Å². The lowest BCUT2D eigenvalue weighted by Crippen LogP contribution is -2.19. The molecule has 3 aliphatic carbocycles. The second-order valence-corrected chi connectivity index (χ2v) is 10.9. The molecule has 0 saturated heterocycles. The Labute approximate surface area is 255 Å². The SMILES string of the molecule is C=C.O=C1CCCCCC1.O=C1CCCCCC1Cn1cncn1.O=C1CCCCCC1Cn1cnnc1.c1nc[nH]n1. The van der Waals surface area contributed by atoms with Crippen LogP contribution in [-0.2, 0) is 27.5 Å². The van der Waals surface area contributed by atoms with Crippen LogP contribution in [0.4, 0.5) is 0 Å². The van der Waals surface area contributed by atoms with Gasteiger partial charge < -0.3 is 4.57 Å². The minimum Gasteiger partial charge on any atom is -0.319 e. The molecule has 12 heteroatoms. The number of aromatic amines is 1. The Morgan fingerprint density at radius 1 is 0.674 bits per heavy atom. The zero-order valence-corrected chi connectivity index (χ0v) is 25.6. The van der Waals surface area contributed by atoms with Crippen molar-refractivity contribution in [1.82, 2.24) is 44.7 Å². The topological polar surface area (TPSA) is 154 Å². The van der Waals surface area contributed by atoms with Crippen LogP contribution >= 0.6 is 0 Å². The van der Waals surface area contributed by atoms with Gasteiger partial charge in [0.2, 0.25) is 0 Å². The van der Waals surface area contributed by atoms with Gasteiger partial charge in [-0.15, -0.1) is 23.4 Å². The van der Waals surface area contributed by atoms with Crippen LogP contribution in [0.25, 0.3) is 0 Å². The maximum absolute atomic E-state index is 11.7. The maximum Gasteiger partial charge on any atom is 0.137 e. The molecule has 0 spiro atoms. The molecule has 3 aromatic heterocycles. The summed E-state index contributed by atoms with van der Waals surface area (Å²) in [6, 6.07) is 0. The lowest BCUT2D eigenvalue weighted by atomic mass is 9.99. The Balaban J connectivity index is 0.000000208. The van der Waals surface area contributed by atoms with Crippen LogP contribution in [0.1, 0.15) is 103 Å². The second-order valence-electron chi connectivity index (χ2n) is 10.9. The molecule has 1 N–H and O–H groups in total.